The summed E-state index contributed by atoms with van der Waals surface area (Å²) in [5, 5.41) is 4.77. The molecule has 0 N–H and O–H groups in total. The summed E-state index contributed by atoms with van der Waals surface area (Å²) in [4.78, 5) is 2.34. The molecule has 282 valence electrons. The summed E-state index contributed by atoms with van der Waals surface area (Å²) in [5.41, 5.74) is 16.8. The maximum Gasteiger partial charge on any atom is 0.143 e. The van der Waals surface area contributed by atoms with E-state index in [-0.39, 0.29) is 0 Å². The zero-order chi connectivity index (χ0) is 39.8. The number of fused-ring (bicyclic) bond motifs is 4. The van der Waals surface area contributed by atoms with Gasteiger partial charge in [-0.05, 0) is 122 Å². The maximum absolute atomic E-state index is 6.42. The number of rotatable bonds is 8. The summed E-state index contributed by atoms with van der Waals surface area (Å²) in [5.74, 6) is 0. The van der Waals surface area contributed by atoms with Crippen LogP contribution in [0.4, 0.5) is 17.1 Å². The van der Waals surface area contributed by atoms with Crippen LogP contribution >= 0.6 is 0 Å². The molecule has 60 heavy (non-hydrogen) atoms. The van der Waals surface area contributed by atoms with E-state index in [1.807, 2.05) is 12.1 Å². The highest BCUT2D eigenvalue weighted by Gasteiger charge is 2.17. The molecule has 0 bridgehead atoms. The van der Waals surface area contributed by atoms with Gasteiger partial charge < -0.3 is 9.32 Å². The van der Waals surface area contributed by atoms with Crippen molar-refractivity contribution in [1.82, 2.24) is 0 Å². The maximum atomic E-state index is 6.42. The number of anilines is 3. The molecule has 0 aliphatic heterocycles. The Kier molecular flexibility index (Phi) is 8.87. The van der Waals surface area contributed by atoms with Gasteiger partial charge in [-0.25, -0.2) is 0 Å². The lowest BCUT2D eigenvalue weighted by Crippen LogP contribution is -2.10. The van der Waals surface area contributed by atoms with Crippen molar-refractivity contribution in [3.8, 4) is 55.6 Å². The van der Waals surface area contributed by atoms with Crippen LogP contribution in [0, 0.1) is 0 Å². The third kappa shape index (κ3) is 6.61. The second-order valence-corrected chi connectivity index (χ2v) is 15.3. The Morgan fingerprint density at radius 2 is 0.750 bits per heavy atom. The first-order chi connectivity index (χ1) is 29.7. The summed E-state index contributed by atoms with van der Waals surface area (Å²) in [7, 11) is 0. The molecule has 2 heteroatoms. The molecular weight excluding hydrogens is 727 g/mol. The van der Waals surface area contributed by atoms with Crippen LogP contribution in [0.15, 0.2) is 241 Å². The molecule has 0 atom stereocenters. The van der Waals surface area contributed by atoms with Crippen molar-refractivity contribution in [2.75, 3.05) is 4.90 Å². The van der Waals surface area contributed by atoms with E-state index in [4.69, 9.17) is 4.42 Å². The smallest absolute Gasteiger partial charge is 0.143 e. The fraction of sp³-hybridized carbons (Fsp3) is 0. The molecule has 0 aliphatic rings. The van der Waals surface area contributed by atoms with Crippen molar-refractivity contribution >= 4 is 49.8 Å². The van der Waals surface area contributed by atoms with E-state index >= 15 is 0 Å². The summed E-state index contributed by atoms with van der Waals surface area (Å²) in [6.07, 6.45) is 0. The summed E-state index contributed by atoms with van der Waals surface area (Å²) >= 11 is 0. The van der Waals surface area contributed by atoms with E-state index in [0.717, 1.165) is 50.1 Å². The van der Waals surface area contributed by atoms with Gasteiger partial charge in [-0.3, -0.25) is 0 Å². The van der Waals surface area contributed by atoms with E-state index in [9.17, 15) is 0 Å². The summed E-state index contributed by atoms with van der Waals surface area (Å²) in [6, 6.07) is 84.9. The molecule has 1 heterocycles. The van der Waals surface area contributed by atoms with Gasteiger partial charge in [0.2, 0.25) is 0 Å². The monoisotopic (exact) mass is 765 g/mol. The third-order valence-electron chi connectivity index (χ3n) is 11.7. The minimum absolute atomic E-state index is 0.905. The molecule has 0 amide bonds. The Balaban J connectivity index is 0.939. The largest absolute Gasteiger partial charge is 0.455 e. The Bertz CT molecular complexity index is 3310. The molecule has 0 fully saturated rings. The topological polar surface area (TPSA) is 16.4 Å². The van der Waals surface area contributed by atoms with Crippen molar-refractivity contribution in [1.29, 1.82) is 0 Å². The van der Waals surface area contributed by atoms with Crippen LogP contribution in [0.5, 0.6) is 0 Å². The molecule has 0 spiro atoms. The van der Waals surface area contributed by atoms with Crippen LogP contribution in [0.1, 0.15) is 0 Å². The molecule has 2 nitrogen and oxygen atoms in total. The first-order valence-electron chi connectivity index (χ1n) is 20.5. The molecule has 11 rings (SSSR count). The van der Waals surface area contributed by atoms with Gasteiger partial charge in [0, 0.05) is 33.4 Å². The second kappa shape index (κ2) is 15.1. The van der Waals surface area contributed by atoms with Crippen LogP contribution in [0.25, 0.3) is 88.3 Å². The van der Waals surface area contributed by atoms with Gasteiger partial charge in [0.05, 0.1) is 0 Å². The second-order valence-electron chi connectivity index (χ2n) is 15.3. The molecule has 10 aromatic carbocycles. The number of benzene rings is 10. The van der Waals surface area contributed by atoms with E-state index in [1.54, 1.807) is 0 Å². The van der Waals surface area contributed by atoms with Gasteiger partial charge in [0.15, 0.2) is 0 Å². The lowest BCUT2D eigenvalue weighted by molar-refractivity contribution is 0.670. The van der Waals surface area contributed by atoms with Crippen LogP contribution in [-0.2, 0) is 0 Å². The van der Waals surface area contributed by atoms with Crippen molar-refractivity contribution in [3.63, 3.8) is 0 Å². The van der Waals surface area contributed by atoms with Crippen molar-refractivity contribution in [3.05, 3.63) is 237 Å². The van der Waals surface area contributed by atoms with Gasteiger partial charge in [0.1, 0.15) is 11.2 Å². The van der Waals surface area contributed by atoms with E-state index in [0.29, 0.717) is 0 Å². The normalized spacial score (nSPS) is 11.3. The van der Waals surface area contributed by atoms with Crippen molar-refractivity contribution in [2.24, 2.45) is 0 Å². The average Bonchev–Trinajstić information content (AvgIpc) is 3.72. The highest BCUT2D eigenvalue weighted by Crippen LogP contribution is 2.41. The first kappa shape index (κ1) is 35.2. The standard InChI is InChI=1S/C58H39NO/c1-2-12-40(13-3-1)49-20-10-21-53(39-49)59(52-34-30-43(31-35-52)54-23-11-24-56-55-22-6-7-25-57(55)60-58(54)56)51-32-28-42(29-33-51)45-16-8-17-46(36-45)47-18-9-19-48(38-47)50-27-26-41-14-4-5-15-44(41)37-50/h1-39H. The Hall–Kier alpha value is -7.94. The number of hydrogen-bond acceptors (Lipinski definition) is 2. The predicted molar refractivity (Wildman–Crippen MR) is 253 cm³/mol. The lowest BCUT2D eigenvalue weighted by Gasteiger charge is -2.26. The SMILES string of the molecule is c1ccc(-c2cccc(N(c3ccc(-c4cccc(-c5cccc(-c6ccc7ccccc7c6)c5)c4)cc3)c3ccc(-c4cccc5c4oc4ccccc45)cc3)c2)cc1. The molecule has 0 aliphatic carbocycles. The molecule has 0 radical (unpaired) electrons. The molecule has 11 aromatic rings. The van der Waals surface area contributed by atoms with Gasteiger partial charge in [-0.15, -0.1) is 0 Å². The quantitative estimate of drug-likeness (QED) is 0.153. The fourth-order valence-electron chi connectivity index (χ4n) is 8.60. The lowest BCUT2D eigenvalue weighted by atomic mass is 9.95. The van der Waals surface area contributed by atoms with Crippen LogP contribution in [-0.4, -0.2) is 0 Å². The molecule has 0 saturated carbocycles. The first-order valence-corrected chi connectivity index (χ1v) is 20.5. The van der Waals surface area contributed by atoms with Gasteiger partial charge in [-0.1, -0.05) is 176 Å². The summed E-state index contributed by atoms with van der Waals surface area (Å²) in [6.45, 7) is 0. The zero-order valence-corrected chi connectivity index (χ0v) is 32.9. The minimum atomic E-state index is 0.905. The van der Waals surface area contributed by atoms with E-state index in [2.05, 4.69) is 229 Å². The fourth-order valence-corrected chi connectivity index (χ4v) is 8.60. The van der Waals surface area contributed by atoms with Crippen molar-refractivity contribution < 1.29 is 4.42 Å². The number of nitrogens with zero attached hydrogens (tertiary/aromatic N) is 1. The molecule has 1 aromatic heterocycles. The van der Waals surface area contributed by atoms with Crippen molar-refractivity contribution in [2.45, 2.75) is 0 Å². The molecular formula is C58H39NO. The highest BCUT2D eigenvalue weighted by atomic mass is 16.3. The molecule has 0 saturated heterocycles. The number of hydrogen-bond donors (Lipinski definition) is 0. The average molecular weight is 766 g/mol. The Labute approximate surface area is 349 Å². The third-order valence-corrected chi connectivity index (χ3v) is 11.7. The van der Waals surface area contributed by atoms with E-state index < -0.39 is 0 Å². The van der Waals surface area contributed by atoms with Crippen LogP contribution < -0.4 is 4.90 Å². The highest BCUT2D eigenvalue weighted by molar-refractivity contribution is 6.09. The number of furan rings is 1. The number of para-hydroxylation sites is 2. The van der Waals surface area contributed by atoms with Gasteiger partial charge in [-0.2, -0.15) is 0 Å². The minimum Gasteiger partial charge on any atom is -0.455 e. The molecule has 0 unspecified atom stereocenters. The Morgan fingerprint density at radius 1 is 0.267 bits per heavy atom. The van der Waals surface area contributed by atoms with Gasteiger partial charge >= 0.3 is 0 Å². The van der Waals surface area contributed by atoms with E-state index in [1.165, 1.54) is 55.3 Å². The van der Waals surface area contributed by atoms with Gasteiger partial charge in [0.25, 0.3) is 0 Å². The summed E-state index contributed by atoms with van der Waals surface area (Å²) < 4.78 is 6.42. The predicted octanol–water partition coefficient (Wildman–Crippen LogP) is 16.5. The Morgan fingerprint density at radius 3 is 1.47 bits per heavy atom. The zero-order valence-electron chi connectivity index (χ0n) is 32.9. The van der Waals surface area contributed by atoms with Crippen LogP contribution in [0.2, 0.25) is 0 Å². The van der Waals surface area contributed by atoms with Crippen LogP contribution in [0.3, 0.4) is 0 Å².